The minimum Gasteiger partial charge on any atom is -0.429 e. The Hall–Kier alpha value is -0.990. The highest BCUT2D eigenvalue weighted by atomic mass is 16.4. The lowest BCUT2D eigenvalue weighted by atomic mass is 10.1. The van der Waals surface area contributed by atoms with Gasteiger partial charge in [0.05, 0.1) is 6.20 Å². The van der Waals surface area contributed by atoms with E-state index in [0.717, 1.165) is 24.6 Å². The fourth-order valence-corrected chi connectivity index (χ4v) is 1.34. The Balaban J connectivity index is 2.26. The zero-order valence-electron chi connectivity index (χ0n) is 10.2. The van der Waals surface area contributed by atoms with Crippen LogP contribution in [0, 0.1) is 5.92 Å². The highest BCUT2D eigenvalue weighted by Gasteiger charge is 2.06. The van der Waals surface area contributed by atoms with Gasteiger partial charge in [-0.15, -0.1) is 0 Å². The predicted octanol–water partition coefficient (Wildman–Crippen LogP) is 3.65. The second-order valence-electron chi connectivity index (χ2n) is 4.69. The first-order chi connectivity index (χ1) is 7.09. The molecule has 15 heavy (non-hydrogen) atoms. The molecule has 0 unspecified atom stereocenters. The summed E-state index contributed by atoms with van der Waals surface area (Å²) in [4.78, 5) is 4.18. The Morgan fingerprint density at radius 3 is 2.60 bits per heavy atom. The summed E-state index contributed by atoms with van der Waals surface area (Å²) < 4.78 is 5.53. The number of oxazole rings is 1. The largest absolute Gasteiger partial charge is 0.429 e. The van der Waals surface area contributed by atoms with Crippen molar-refractivity contribution in [3.63, 3.8) is 0 Å². The summed E-state index contributed by atoms with van der Waals surface area (Å²) in [7, 11) is 0. The number of hydrogen-bond acceptors (Lipinski definition) is 3. The van der Waals surface area contributed by atoms with Crippen molar-refractivity contribution < 1.29 is 4.42 Å². The van der Waals surface area contributed by atoms with Crippen LogP contribution in [-0.4, -0.2) is 11.5 Å². The normalized spacial score (nSPS) is 11.3. The minimum absolute atomic E-state index is 0.406. The Morgan fingerprint density at radius 1 is 1.33 bits per heavy atom. The van der Waals surface area contributed by atoms with Crippen LogP contribution in [0.25, 0.3) is 0 Å². The number of rotatable bonds is 6. The Kier molecular flexibility index (Phi) is 4.66. The van der Waals surface area contributed by atoms with Gasteiger partial charge in [0.15, 0.2) is 0 Å². The van der Waals surface area contributed by atoms with Gasteiger partial charge in [-0.05, 0) is 18.8 Å². The molecule has 1 heterocycles. The van der Waals surface area contributed by atoms with Crippen molar-refractivity contribution >= 4 is 6.01 Å². The van der Waals surface area contributed by atoms with Crippen LogP contribution in [0.4, 0.5) is 6.01 Å². The van der Waals surface area contributed by atoms with Crippen LogP contribution in [0.3, 0.4) is 0 Å². The molecule has 0 atom stereocenters. The van der Waals surface area contributed by atoms with Gasteiger partial charge in [-0.2, -0.15) is 0 Å². The number of anilines is 1. The Morgan fingerprint density at radius 2 is 2.07 bits per heavy atom. The maximum absolute atomic E-state index is 5.53. The standard InChI is InChI=1S/C12H22N2O/c1-9(2)6-5-7-13-12-14-8-11(15-12)10(3)4/h8-10H,5-7H2,1-4H3,(H,13,14). The number of nitrogens with zero attached hydrogens (tertiary/aromatic N) is 1. The van der Waals surface area contributed by atoms with Crippen molar-refractivity contribution in [1.29, 1.82) is 0 Å². The number of hydrogen-bond donors (Lipinski definition) is 1. The van der Waals surface area contributed by atoms with E-state index in [0.29, 0.717) is 11.9 Å². The van der Waals surface area contributed by atoms with Crippen LogP contribution in [-0.2, 0) is 0 Å². The van der Waals surface area contributed by atoms with E-state index in [1.165, 1.54) is 6.42 Å². The summed E-state index contributed by atoms with van der Waals surface area (Å²) in [5.74, 6) is 2.12. The van der Waals surface area contributed by atoms with Crippen molar-refractivity contribution in [1.82, 2.24) is 4.98 Å². The molecule has 0 bridgehead atoms. The van der Waals surface area contributed by atoms with Gasteiger partial charge < -0.3 is 9.73 Å². The van der Waals surface area contributed by atoms with Gasteiger partial charge >= 0.3 is 0 Å². The quantitative estimate of drug-likeness (QED) is 0.728. The van der Waals surface area contributed by atoms with E-state index in [4.69, 9.17) is 4.42 Å². The molecule has 0 aliphatic rings. The smallest absolute Gasteiger partial charge is 0.294 e. The first-order valence-electron chi connectivity index (χ1n) is 5.79. The molecule has 0 aliphatic carbocycles. The fraction of sp³-hybridized carbons (Fsp3) is 0.750. The van der Waals surface area contributed by atoms with Gasteiger partial charge in [0.1, 0.15) is 5.76 Å². The molecule has 0 aliphatic heterocycles. The fourth-order valence-electron chi connectivity index (χ4n) is 1.34. The monoisotopic (exact) mass is 210 g/mol. The molecule has 1 aromatic heterocycles. The van der Waals surface area contributed by atoms with Gasteiger partial charge in [-0.25, -0.2) is 4.98 Å². The summed E-state index contributed by atoms with van der Waals surface area (Å²) >= 11 is 0. The molecule has 0 spiro atoms. The molecule has 1 rings (SSSR count). The van der Waals surface area contributed by atoms with Crippen LogP contribution in [0.2, 0.25) is 0 Å². The first-order valence-corrected chi connectivity index (χ1v) is 5.79. The Bertz CT molecular complexity index is 279. The highest BCUT2D eigenvalue weighted by Crippen LogP contribution is 2.17. The van der Waals surface area contributed by atoms with E-state index in [1.54, 1.807) is 6.20 Å². The van der Waals surface area contributed by atoms with Gasteiger partial charge in [0, 0.05) is 12.5 Å². The van der Waals surface area contributed by atoms with E-state index < -0.39 is 0 Å². The van der Waals surface area contributed by atoms with Gasteiger partial charge in [0.25, 0.3) is 6.01 Å². The molecule has 86 valence electrons. The second kappa shape index (κ2) is 5.79. The van der Waals surface area contributed by atoms with Crippen molar-refractivity contribution in [3.8, 4) is 0 Å². The molecule has 1 aromatic rings. The molecule has 3 heteroatoms. The molecule has 0 radical (unpaired) electrons. The average Bonchev–Trinajstić information content (AvgIpc) is 2.60. The highest BCUT2D eigenvalue weighted by molar-refractivity contribution is 5.20. The van der Waals surface area contributed by atoms with Crippen molar-refractivity contribution in [2.24, 2.45) is 5.92 Å². The predicted molar refractivity (Wildman–Crippen MR) is 63.2 cm³/mol. The third kappa shape index (κ3) is 4.36. The zero-order chi connectivity index (χ0) is 11.3. The molecule has 0 amide bonds. The molecule has 3 nitrogen and oxygen atoms in total. The topological polar surface area (TPSA) is 38.1 Å². The molecule has 0 saturated carbocycles. The van der Waals surface area contributed by atoms with Gasteiger partial charge in [-0.3, -0.25) is 0 Å². The summed E-state index contributed by atoms with van der Waals surface area (Å²) in [6.07, 6.45) is 4.21. The molecule has 0 fully saturated rings. The maximum atomic E-state index is 5.53. The van der Waals surface area contributed by atoms with Crippen molar-refractivity contribution in [2.45, 2.75) is 46.5 Å². The van der Waals surface area contributed by atoms with Crippen molar-refractivity contribution in [3.05, 3.63) is 12.0 Å². The summed E-state index contributed by atoms with van der Waals surface area (Å²) in [5.41, 5.74) is 0. The SMILES string of the molecule is CC(C)CCCNc1ncc(C(C)C)o1. The Labute approximate surface area is 92.3 Å². The van der Waals surface area contributed by atoms with E-state index in [2.05, 4.69) is 38.0 Å². The van der Waals surface area contributed by atoms with Gasteiger partial charge in [0.2, 0.25) is 0 Å². The zero-order valence-corrected chi connectivity index (χ0v) is 10.2. The second-order valence-corrected chi connectivity index (χ2v) is 4.69. The molecule has 0 saturated heterocycles. The van der Waals surface area contributed by atoms with Gasteiger partial charge in [-0.1, -0.05) is 27.7 Å². The van der Waals surface area contributed by atoms with Crippen LogP contribution in [0.1, 0.15) is 52.2 Å². The molecule has 0 aromatic carbocycles. The molecular formula is C12H22N2O. The molecule has 1 N–H and O–H groups in total. The first kappa shape index (κ1) is 12.1. The number of aromatic nitrogens is 1. The summed E-state index contributed by atoms with van der Waals surface area (Å²) in [5, 5.41) is 3.20. The van der Waals surface area contributed by atoms with Crippen LogP contribution in [0.5, 0.6) is 0 Å². The third-order valence-electron chi connectivity index (χ3n) is 2.33. The average molecular weight is 210 g/mol. The van der Waals surface area contributed by atoms with E-state index >= 15 is 0 Å². The minimum atomic E-state index is 0.406. The van der Waals surface area contributed by atoms with E-state index in [1.807, 2.05) is 0 Å². The maximum Gasteiger partial charge on any atom is 0.294 e. The molecular weight excluding hydrogens is 188 g/mol. The van der Waals surface area contributed by atoms with Crippen LogP contribution >= 0.6 is 0 Å². The third-order valence-corrected chi connectivity index (χ3v) is 2.33. The van der Waals surface area contributed by atoms with E-state index in [-0.39, 0.29) is 0 Å². The summed E-state index contributed by atoms with van der Waals surface area (Å²) in [6, 6.07) is 0.655. The summed E-state index contributed by atoms with van der Waals surface area (Å²) in [6.45, 7) is 9.62. The van der Waals surface area contributed by atoms with Crippen molar-refractivity contribution in [2.75, 3.05) is 11.9 Å². The number of nitrogens with one attached hydrogen (secondary N) is 1. The van der Waals surface area contributed by atoms with E-state index in [9.17, 15) is 0 Å². The van der Waals surface area contributed by atoms with Crippen LogP contribution < -0.4 is 5.32 Å². The lowest BCUT2D eigenvalue weighted by Crippen LogP contribution is -2.02. The van der Waals surface area contributed by atoms with Crippen LogP contribution in [0.15, 0.2) is 10.6 Å². The lowest BCUT2D eigenvalue weighted by molar-refractivity contribution is 0.490. The lowest BCUT2D eigenvalue weighted by Gasteiger charge is -2.04.